The van der Waals surface area contributed by atoms with Gasteiger partial charge in [-0.25, -0.2) is 4.68 Å². The van der Waals surface area contributed by atoms with Crippen LogP contribution in [0.4, 0.5) is 5.82 Å². The van der Waals surface area contributed by atoms with Crippen molar-refractivity contribution >= 4 is 22.7 Å². The Bertz CT molecular complexity index is 1140. The van der Waals surface area contributed by atoms with Gasteiger partial charge in [-0.3, -0.25) is 9.78 Å². The van der Waals surface area contributed by atoms with E-state index >= 15 is 0 Å². The number of hydrogen-bond donors (Lipinski definition) is 1. The number of carbonyl (C=O) groups excluding carboxylic acids is 1. The minimum Gasteiger partial charge on any atom is -0.464 e. The van der Waals surface area contributed by atoms with E-state index in [9.17, 15) is 4.79 Å². The van der Waals surface area contributed by atoms with Crippen molar-refractivity contribution in [3.05, 3.63) is 76.9 Å². The number of fused-ring (bicyclic) bond motifs is 1. The highest BCUT2D eigenvalue weighted by Gasteiger charge is 2.16. The maximum atomic E-state index is 12.7. The first-order valence-electron chi connectivity index (χ1n) is 9.20. The van der Waals surface area contributed by atoms with Crippen LogP contribution < -0.4 is 5.32 Å². The molecule has 6 nitrogen and oxygen atoms in total. The second kappa shape index (κ2) is 7.31. The number of nitrogens with one attached hydrogen (secondary N) is 1. The third kappa shape index (κ3) is 3.41. The van der Waals surface area contributed by atoms with Crippen LogP contribution in [0.5, 0.6) is 0 Å². The minimum absolute atomic E-state index is 0.103. The molecule has 0 aliphatic heterocycles. The van der Waals surface area contributed by atoms with Gasteiger partial charge in [0.05, 0.1) is 25.4 Å². The molecule has 1 N–H and O–H groups in total. The van der Waals surface area contributed by atoms with Crippen LogP contribution >= 0.6 is 0 Å². The molecule has 4 aromatic rings. The Balaban J connectivity index is 1.53. The van der Waals surface area contributed by atoms with Crippen LogP contribution in [0.1, 0.15) is 27.8 Å². The molecule has 3 heterocycles. The minimum atomic E-state index is -0.103. The third-order valence-corrected chi connectivity index (χ3v) is 5.02. The van der Waals surface area contributed by atoms with Crippen molar-refractivity contribution < 1.29 is 9.21 Å². The van der Waals surface area contributed by atoms with Crippen LogP contribution in [0.15, 0.2) is 53.5 Å². The van der Waals surface area contributed by atoms with Crippen molar-refractivity contribution in [3.8, 4) is 0 Å². The lowest BCUT2D eigenvalue weighted by molar-refractivity contribution is -0.115. The summed E-state index contributed by atoms with van der Waals surface area (Å²) in [5, 5.41) is 8.29. The Morgan fingerprint density at radius 1 is 1.18 bits per heavy atom. The second-order valence-corrected chi connectivity index (χ2v) is 7.06. The number of hydrogen-bond acceptors (Lipinski definition) is 4. The average Bonchev–Trinajstić information content (AvgIpc) is 3.28. The first-order chi connectivity index (χ1) is 13.5. The summed E-state index contributed by atoms with van der Waals surface area (Å²) in [6, 6.07) is 7.79. The number of anilines is 1. The molecule has 0 saturated carbocycles. The normalized spacial score (nSPS) is 11.1. The molecule has 0 fully saturated rings. The smallest absolute Gasteiger partial charge is 0.230 e. The Hall–Kier alpha value is -3.41. The molecule has 28 heavy (non-hydrogen) atoms. The summed E-state index contributed by atoms with van der Waals surface area (Å²) in [5.74, 6) is 0.554. The molecule has 0 unspecified atom stereocenters. The lowest BCUT2D eigenvalue weighted by Crippen LogP contribution is -2.18. The lowest BCUT2D eigenvalue weighted by Gasteiger charge is -2.09. The van der Waals surface area contributed by atoms with Gasteiger partial charge in [-0.05, 0) is 49.1 Å². The van der Waals surface area contributed by atoms with Crippen LogP contribution in [-0.2, 0) is 17.8 Å². The summed E-state index contributed by atoms with van der Waals surface area (Å²) < 4.78 is 7.53. The number of carbonyl (C=O) groups is 1. The van der Waals surface area contributed by atoms with Gasteiger partial charge in [0.25, 0.3) is 0 Å². The quantitative estimate of drug-likeness (QED) is 0.569. The van der Waals surface area contributed by atoms with Crippen molar-refractivity contribution in [1.29, 1.82) is 0 Å². The molecule has 0 saturated heterocycles. The molecule has 0 bridgehead atoms. The predicted octanol–water partition coefficient (Wildman–Crippen LogP) is 4.18. The summed E-state index contributed by atoms with van der Waals surface area (Å²) in [4.78, 5) is 16.8. The summed E-state index contributed by atoms with van der Waals surface area (Å²) in [5.41, 5.74) is 6.20. The van der Waals surface area contributed by atoms with Crippen molar-refractivity contribution in [3.63, 3.8) is 0 Å². The van der Waals surface area contributed by atoms with Crippen LogP contribution in [0, 0.1) is 20.8 Å². The number of pyridine rings is 1. The van der Waals surface area contributed by atoms with Crippen LogP contribution in [0.3, 0.4) is 0 Å². The standard InChI is InChI=1S/C22H22N4O2/c1-14-9-15(2)21-18(13-28-22(21)16(14)3)10-20(27)25-19-6-8-24-26(19)12-17-5-4-7-23-11-17/h4-9,11,13H,10,12H2,1-3H3,(H,25,27). The van der Waals surface area contributed by atoms with Crippen LogP contribution in [-0.4, -0.2) is 20.7 Å². The van der Waals surface area contributed by atoms with Gasteiger partial charge in [0.2, 0.25) is 5.91 Å². The molecule has 6 heteroatoms. The highest BCUT2D eigenvalue weighted by Crippen LogP contribution is 2.30. The largest absolute Gasteiger partial charge is 0.464 e. The van der Waals surface area contributed by atoms with E-state index in [0.29, 0.717) is 12.4 Å². The van der Waals surface area contributed by atoms with Gasteiger partial charge in [-0.15, -0.1) is 0 Å². The monoisotopic (exact) mass is 374 g/mol. The molecule has 0 aliphatic rings. The fourth-order valence-electron chi connectivity index (χ4n) is 3.51. The van der Waals surface area contributed by atoms with Gasteiger partial charge in [-0.1, -0.05) is 12.1 Å². The maximum Gasteiger partial charge on any atom is 0.230 e. The molecule has 0 radical (unpaired) electrons. The number of aromatic nitrogens is 3. The first kappa shape index (κ1) is 18.0. The molecular weight excluding hydrogens is 352 g/mol. The zero-order valence-electron chi connectivity index (χ0n) is 16.2. The number of nitrogens with zero attached hydrogens (tertiary/aromatic N) is 3. The molecule has 1 amide bonds. The van der Waals surface area contributed by atoms with Crippen LogP contribution in [0.2, 0.25) is 0 Å². The topological polar surface area (TPSA) is 73.0 Å². The molecule has 142 valence electrons. The fraction of sp³-hybridized carbons (Fsp3) is 0.227. The van der Waals surface area contributed by atoms with E-state index < -0.39 is 0 Å². The molecule has 0 aliphatic carbocycles. The molecule has 0 atom stereocenters. The summed E-state index contributed by atoms with van der Waals surface area (Å²) in [7, 11) is 0. The van der Waals surface area contributed by atoms with E-state index in [1.54, 1.807) is 35.6 Å². The highest BCUT2D eigenvalue weighted by atomic mass is 16.3. The van der Waals surface area contributed by atoms with Gasteiger partial charge in [0.1, 0.15) is 11.4 Å². The molecule has 3 aromatic heterocycles. The van der Waals surface area contributed by atoms with E-state index in [1.807, 2.05) is 19.1 Å². The van der Waals surface area contributed by atoms with E-state index in [0.717, 1.165) is 33.2 Å². The highest BCUT2D eigenvalue weighted by molar-refractivity contribution is 5.96. The molecule has 0 spiro atoms. The predicted molar refractivity (Wildman–Crippen MR) is 108 cm³/mol. The van der Waals surface area contributed by atoms with Crippen molar-refractivity contribution in [1.82, 2.24) is 14.8 Å². The molecule has 4 rings (SSSR count). The SMILES string of the molecule is Cc1cc(C)c2c(CC(=O)Nc3ccnn3Cc3cccnc3)coc2c1C. The van der Waals surface area contributed by atoms with Gasteiger partial charge >= 0.3 is 0 Å². The first-order valence-corrected chi connectivity index (χ1v) is 9.20. The average molecular weight is 374 g/mol. The second-order valence-electron chi connectivity index (χ2n) is 7.06. The molecular formula is C22H22N4O2. The van der Waals surface area contributed by atoms with Gasteiger partial charge in [-0.2, -0.15) is 5.10 Å². The van der Waals surface area contributed by atoms with Crippen molar-refractivity contribution in [2.24, 2.45) is 0 Å². The summed E-state index contributed by atoms with van der Waals surface area (Å²) in [6.07, 6.45) is 7.13. The van der Waals surface area contributed by atoms with E-state index in [4.69, 9.17) is 4.42 Å². The maximum absolute atomic E-state index is 12.7. The fourth-order valence-corrected chi connectivity index (χ4v) is 3.51. The summed E-state index contributed by atoms with van der Waals surface area (Å²) >= 11 is 0. The Kier molecular flexibility index (Phi) is 4.69. The van der Waals surface area contributed by atoms with E-state index in [1.165, 1.54) is 5.56 Å². The van der Waals surface area contributed by atoms with E-state index in [-0.39, 0.29) is 12.3 Å². The Labute approximate surface area is 163 Å². The van der Waals surface area contributed by atoms with Gasteiger partial charge in [0.15, 0.2) is 0 Å². The van der Waals surface area contributed by atoms with Crippen molar-refractivity contribution in [2.45, 2.75) is 33.7 Å². The summed E-state index contributed by atoms with van der Waals surface area (Å²) in [6.45, 7) is 6.71. The number of benzene rings is 1. The Morgan fingerprint density at radius 2 is 2.04 bits per heavy atom. The number of furan rings is 1. The molecule has 1 aromatic carbocycles. The number of amides is 1. The van der Waals surface area contributed by atoms with Crippen molar-refractivity contribution in [2.75, 3.05) is 5.32 Å². The third-order valence-electron chi connectivity index (χ3n) is 5.02. The zero-order chi connectivity index (χ0) is 19.7. The number of aryl methyl sites for hydroxylation is 3. The van der Waals surface area contributed by atoms with Gasteiger partial charge in [0, 0.05) is 29.4 Å². The Morgan fingerprint density at radius 3 is 2.82 bits per heavy atom. The van der Waals surface area contributed by atoms with E-state index in [2.05, 4.69) is 35.3 Å². The van der Waals surface area contributed by atoms with Crippen LogP contribution in [0.25, 0.3) is 11.0 Å². The number of rotatable bonds is 5. The zero-order valence-corrected chi connectivity index (χ0v) is 16.2. The van der Waals surface area contributed by atoms with Gasteiger partial charge < -0.3 is 9.73 Å². The lowest BCUT2D eigenvalue weighted by atomic mass is 9.99.